The minimum atomic E-state index is -3.99. The highest BCUT2D eigenvalue weighted by Gasteiger charge is 2.56. The van der Waals surface area contributed by atoms with Gasteiger partial charge >= 0.3 is 6.97 Å². The summed E-state index contributed by atoms with van der Waals surface area (Å²) in [7, 11) is 0. The molecule has 1 N–H and O–H groups in total. The number of aromatic nitrogens is 1. The molecule has 3 nitrogen and oxygen atoms in total. The normalized spacial score (nSPS) is 18.6. The molecule has 152 valence electrons. The highest BCUT2D eigenvalue weighted by Crippen LogP contribution is 2.44. The lowest BCUT2D eigenvalue weighted by atomic mass is 9.86. The van der Waals surface area contributed by atoms with E-state index in [0.29, 0.717) is 35.0 Å². The summed E-state index contributed by atoms with van der Waals surface area (Å²) in [6.45, 7) is 7.82. The summed E-state index contributed by atoms with van der Waals surface area (Å²) in [6, 6.07) is 0. The molecule has 0 bridgehead atoms. The molecule has 0 unspecified atom stereocenters. The summed E-state index contributed by atoms with van der Waals surface area (Å²) in [5.74, 6) is 0.553. The minimum Gasteiger partial charge on any atom is -0.396 e. The molecule has 0 aromatic carbocycles. The summed E-state index contributed by atoms with van der Waals surface area (Å²) < 4.78 is 34.6. The number of rotatable bonds is 6. The third-order valence-corrected chi connectivity index (χ3v) is 6.78. The first kappa shape index (κ1) is 21.1. The highest BCUT2D eigenvalue weighted by molar-refractivity contribution is 8.02. The maximum atomic E-state index is 16.0. The van der Waals surface area contributed by atoms with Crippen molar-refractivity contribution in [3.8, 4) is 0 Å². The van der Waals surface area contributed by atoms with E-state index in [-0.39, 0.29) is 6.61 Å². The van der Waals surface area contributed by atoms with Crippen LogP contribution in [0.4, 0.5) is 8.63 Å². The zero-order valence-corrected chi connectivity index (χ0v) is 18.4. The van der Waals surface area contributed by atoms with Gasteiger partial charge in [-0.1, -0.05) is 13.8 Å². The molecular formula is C21H29BF2N2OS. The van der Waals surface area contributed by atoms with Crippen LogP contribution in [0.3, 0.4) is 0 Å². The minimum absolute atomic E-state index is 0.0684. The number of thioether (sulfide) groups is 1. The third kappa shape index (κ3) is 2.86. The van der Waals surface area contributed by atoms with E-state index in [1.54, 1.807) is 6.08 Å². The smallest absolute Gasteiger partial charge is 0.396 e. The molecule has 0 atom stereocenters. The Morgan fingerprint density at radius 1 is 1.11 bits per heavy atom. The molecule has 0 radical (unpaired) electrons. The van der Waals surface area contributed by atoms with Crippen LogP contribution in [0.25, 0.3) is 5.57 Å². The van der Waals surface area contributed by atoms with E-state index >= 15 is 8.63 Å². The number of halogens is 2. The average molecular weight is 406 g/mol. The van der Waals surface area contributed by atoms with E-state index in [0.717, 1.165) is 34.3 Å². The van der Waals surface area contributed by atoms with Gasteiger partial charge in [0.1, 0.15) is 0 Å². The first-order valence-corrected chi connectivity index (χ1v) is 11.0. The van der Waals surface area contributed by atoms with Gasteiger partial charge < -0.3 is 22.7 Å². The van der Waals surface area contributed by atoms with Gasteiger partial charge in [-0.25, -0.2) is 0 Å². The standard InChI is InChI=1S/C21H29BF2N2OS/c1-7-17-13(3)20-15(5)21-14(4)18(8-2)19(9-11-28-12-10-27)26(21)22(23,24)25(20)16(17)6/h9,11,27H,7-8,10,12H2,1-6H3/b11-9+. The molecule has 28 heavy (non-hydrogen) atoms. The maximum Gasteiger partial charge on any atom is 0.737 e. The van der Waals surface area contributed by atoms with Gasteiger partial charge in [0.25, 0.3) is 0 Å². The van der Waals surface area contributed by atoms with Crippen molar-refractivity contribution in [3.63, 3.8) is 0 Å². The molecule has 0 amide bonds. The average Bonchev–Trinajstić information content (AvgIpc) is 3.08. The monoisotopic (exact) mass is 406 g/mol. The zero-order chi connectivity index (χ0) is 20.8. The van der Waals surface area contributed by atoms with Gasteiger partial charge in [0.05, 0.1) is 6.61 Å². The maximum absolute atomic E-state index is 16.0. The Labute approximate surface area is 170 Å². The molecule has 1 aromatic heterocycles. The molecular weight excluding hydrogens is 377 g/mol. The van der Waals surface area contributed by atoms with Crippen LogP contribution in [0, 0.1) is 13.8 Å². The van der Waals surface area contributed by atoms with E-state index in [9.17, 15) is 0 Å². The van der Waals surface area contributed by atoms with Crippen LogP contribution in [0.15, 0.2) is 28.3 Å². The van der Waals surface area contributed by atoms with Crippen molar-refractivity contribution in [1.29, 1.82) is 0 Å². The van der Waals surface area contributed by atoms with Crippen molar-refractivity contribution in [3.05, 3.63) is 50.8 Å². The molecule has 1 aromatic rings. The van der Waals surface area contributed by atoms with Gasteiger partial charge in [0.15, 0.2) is 11.4 Å². The number of hydrogen-bond donors (Lipinski definition) is 1. The summed E-state index contributed by atoms with van der Waals surface area (Å²) in [5, 5.41) is 10.8. The fourth-order valence-electron chi connectivity index (χ4n) is 4.93. The van der Waals surface area contributed by atoms with Crippen LogP contribution in [0.5, 0.6) is 0 Å². The molecule has 0 saturated heterocycles. The SMILES string of the molecule is CCC1=C(C)C2=C(C)c3c(C)c(CC)c(C)n3[B-](F)(F)[N+]2=C1/C=C/SCCO. The van der Waals surface area contributed by atoms with Crippen LogP contribution in [-0.4, -0.2) is 39.1 Å². The lowest BCUT2D eigenvalue weighted by molar-refractivity contribution is -0.362. The molecule has 2 aliphatic rings. The Bertz CT molecular complexity index is 954. The summed E-state index contributed by atoms with van der Waals surface area (Å²) in [5.41, 5.74) is 7.40. The number of aliphatic hydroxyl groups is 1. The van der Waals surface area contributed by atoms with Crippen molar-refractivity contribution < 1.29 is 18.2 Å². The van der Waals surface area contributed by atoms with E-state index in [1.807, 2.05) is 47.0 Å². The quantitative estimate of drug-likeness (QED) is 0.528. The largest absolute Gasteiger partial charge is 0.737 e. The van der Waals surface area contributed by atoms with Gasteiger partial charge in [0.2, 0.25) is 0 Å². The van der Waals surface area contributed by atoms with Crippen LogP contribution in [0.1, 0.15) is 56.6 Å². The van der Waals surface area contributed by atoms with Gasteiger partial charge in [-0.3, -0.25) is 0 Å². The second kappa shape index (κ2) is 7.67. The summed E-state index contributed by atoms with van der Waals surface area (Å²) >= 11 is 1.43. The zero-order valence-electron chi connectivity index (χ0n) is 17.6. The molecule has 0 spiro atoms. The van der Waals surface area contributed by atoms with E-state index in [1.165, 1.54) is 20.7 Å². The first-order valence-electron chi connectivity index (χ1n) is 9.93. The molecule has 2 aliphatic heterocycles. The van der Waals surface area contributed by atoms with Crippen molar-refractivity contribution in [1.82, 2.24) is 4.48 Å². The molecule has 3 heterocycles. The number of nitrogens with zero attached hydrogens (tertiary/aromatic N) is 2. The fraction of sp³-hybridized carbons (Fsp3) is 0.476. The number of aliphatic hydroxyl groups excluding tert-OH is 1. The fourth-order valence-corrected chi connectivity index (χ4v) is 5.40. The Hall–Kier alpha value is -1.60. The molecule has 0 saturated carbocycles. The molecule has 7 heteroatoms. The summed E-state index contributed by atoms with van der Waals surface area (Å²) in [4.78, 5) is 0. The second-order valence-corrected chi connectivity index (χ2v) is 8.45. The van der Waals surface area contributed by atoms with Crippen LogP contribution in [-0.2, 0) is 6.42 Å². The lowest BCUT2D eigenvalue weighted by Gasteiger charge is -2.33. The molecule has 0 aliphatic carbocycles. The van der Waals surface area contributed by atoms with E-state index in [2.05, 4.69) is 0 Å². The number of fused-ring (bicyclic) bond motifs is 2. The molecule has 3 rings (SSSR count). The Morgan fingerprint density at radius 3 is 2.36 bits per heavy atom. The Kier molecular flexibility index (Phi) is 5.79. The number of hydrogen-bond acceptors (Lipinski definition) is 2. The lowest BCUT2D eigenvalue weighted by Crippen LogP contribution is -2.51. The van der Waals surface area contributed by atoms with E-state index < -0.39 is 6.97 Å². The number of allylic oxidation sites excluding steroid dienone is 4. The Balaban J connectivity index is 2.33. The second-order valence-electron chi connectivity index (χ2n) is 7.43. The van der Waals surface area contributed by atoms with Crippen LogP contribution >= 0.6 is 11.8 Å². The van der Waals surface area contributed by atoms with Crippen LogP contribution in [0.2, 0.25) is 0 Å². The third-order valence-electron chi connectivity index (χ3n) is 6.03. The van der Waals surface area contributed by atoms with Gasteiger partial charge in [-0.05, 0) is 62.8 Å². The topological polar surface area (TPSA) is 28.2 Å². The summed E-state index contributed by atoms with van der Waals surface area (Å²) in [6.07, 6.45) is 3.23. The van der Waals surface area contributed by atoms with Gasteiger partial charge in [-0.15, -0.1) is 11.8 Å². The van der Waals surface area contributed by atoms with Gasteiger partial charge in [-0.2, -0.15) is 0 Å². The highest BCUT2D eigenvalue weighted by atomic mass is 32.2. The van der Waals surface area contributed by atoms with Crippen molar-refractivity contribution in [2.75, 3.05) is 12.4 Å². The van der Waals surface area contributed by atoms with Crippen molar-refractivity contribution in [2.45, 2.75) is 54.4 Å². The van der Waals surface area contributed by atoms with Crippen molar-refractivity contribution >= 4 is 30.0 Å². The predicted octanol–water partition coefficient (Wildman–Crippen LogP) is 5.07. The first-order chi connectivity index (χ1) is 13.2. The van der Waals surface area contributed by atoms with Gasteiger partial charge in [0, 0.05) is 34.2 Å². The van der Waals surface area contributed by atoms with Crippen LogP contribution < -0.4 is 0 Å². The predicted molar refractivity (Wildman–Crippen MR) is 116 cm³/mol. The van der Waals surface area contributed by atoms with Crippen molar-refractivity contribution in [2.24, 2.45) is 0 Å². The Morgan fingerprint density at radius 2 is 1.79 bits per heavy atom. The molecule has 0 fully saturated rings. The van der Waals surface area contributed by atoms with E-state index in [4.69, 9.17) is 5.11 Å².